The molecule has 5 nitrogen and oxygen atoms in total. The molecule has 1 saturated heterocycles. The van der Waals surface area contributed by atoms with E-state index in [0.29, 0.717) is 0 Å². The highest BCUT2D eigenvalue weighted by Gasteiger charge is 2.17. The van der Waals surface area contributed by atoms with E-state index in [9.17, 15) is 4.79 Å². The van der Waals surface area contributed by atoms with Crippen LogP contribution in [0.5, 0.6) is 0 Å². The lowest BCUT2D eigenvalue weighted by atomic mass is 10.1. The van der Waals surface area contributed by atoms with E-state index in [-0.39, 0.29) is 24.7 Å². The fourth-order valence-electron chi connectivity index (χ4n) is 2.73. The van der Waals surface area contributed by atoms with Crippen LogP contribution in [0.1, 0.15) is 31.6 Å². The van der Waals surface area contributed by atoms with E-state index in [1.807, 2.05) is 37.3 Å². The summed E-state index contributed by atoms with van der Waals surface area (Å²) >= 11 is 0. The lowest BCUT2D eigenvalue weighted by Gasteiger charge is -2.23. The zero-order valence-electron chi connectivity index (χ0n) is 12.8. The zero-order valence-corrected chi connectivity index (χ0v) is 12.8. The summed E-state index contributed by atoms with van der Waals surface area (Å²) in [4.78, 5) is 12.0. The Bertz CT molecular complexity index is 599. The SMILES string of the molecule is CC(NC(=O)COC1CCNCC1)c1cc2ccccc2o1. The highest BCUT2D eigenvalue weighted by molar-refractivity contribution is 5.79. The molecule has 1 aromatic heterocycles. The minimum absolute atomic E-state index is 0.105. The van der Waals surface area contributed by atoms with Crippen molar-refractivity contribution in [1.29, 1.82) is 0 Å². The van der Waals surface area contributed by atoms with Crippen LogP contribution in [-0.4, -0.2) is 31.7 Å². The van der Waals surface area contributed by atoms with Crippen LogP contribution in [0.15, 0.2) is 34.7 Å². The number of piperidine rings is 1. The smallest absolute Gasteiger partial charge is 0.246 e. The van der Waals surface area contributed by atoms with Crippen molar-refractivity contribution in [1.82, 2.24) is 10.6 Å². The Labute approximate surface area is 130 Å². The van der Waals surface area contributed by atoms with Crippen LogP contribution in [0.2, 0.25) is 0 Å². The molecule has 1 aliphatic rings. The Morgan fingerprint density at radius 3 is 2.95 bits per heavy atom. The summed E-state index contributed by atoms with van der Waals surface area (Å²) in [7, 11) is 0. The largest absolute Gasteiger partial charge is 0.459 e. The number of furan rings is 1. The standard InChI is InChI=1S/C17H22N2O3/c1-12(16-10-13-4-2-3-5-15(13)22-16)19-17(20)11-21-14-6-8-18-9-7-14/h2-5,10,12,14,18H,6-9,11H2,1H3,(H,19,20). The van der Waals surface area contributed by atoms with Gasteiger partial charge in [0.05, 0.1) is 12.1 Å². The van der Waals surface area contributed by atoms with Gasteiger partial charge in [0.2, 0.25) is 5.91 Å². The second-order valence-corrected chi connectivity index (χ2v) is 5.74. The third-order valence-electron chi connectivity index (χ3n) is 3.99. The molecule has 1 aromatic carbocycles. The average molecular weight is 302 g/mol. The molecule has 22 heavy (non-hydrogen) atoms. The average Bonchev–Trinajstić information content (AvgIpc) is 2.98. The summed E-state index contributed by atoms with van der Waals surface area (Å²) in [6.07, 6.45) is 2.12. The lowest BCUT2D eigenvalue weighted by molar-refractivity contribution is -0.129. The first kappa shape index (κ1) is 15.1. The monoisotopic (exact) mass is 302 g/mol. The summed E-state index contributed by atoms with van der Waals surface area (Å²) in [5, 5.41) is 7.25. The van der Waals surface area contributed by atoms with Crippen LogP contribution in [0.4, 0.5) is 0 Å². The predicted molar refractivity (Wildman–Crippen MR) is 84.6 cm³/mol. The second-order valence-electron chi connectivity index (χ2n) is 5.74. The highest BCUT2D eigenvalue weighted by Crippen LogP contribution is 2.23. The van der Waals surface area contributed by atoms with Crippen LogP contribution < -0.4 is 10.6 Å². The summed E-state index contributed by atoms with van der Waals surface area (Å²) < 4.78 is 11.4. The van der Waals surface area contributed by atoms with Crippen molar-refractivity contribution in [3.63, 3.8) is 0 Å². The van der Waals surface area contributed by atoms with Gasteiger partial charge in [0.25, 0.3) is 0 Å². The zero-order chi connectivity index (χ0) is 15.4. The number of hydrogen-bond donors (Lipinski definition) is 2. The molecular formula is C17H22N2O3. The number of carbonyl (C=O) groups excluding carboxylic acids is 1. The Morgan fingerprint density at radius 1 is 1.41 bits per heavy atom. The second kappa shape index (κ2) is 6.94. The minimum Gasteiger partial charge on any atom is -0.459 e. The van der Waals surface area contributed by atoms with E-state index in [4.69, 9.17) is 9.15 Å². The van der Waals surface area contributed by atoms with Gasteiger partial charge >= 0.3 is 0 Å². The molecule has 118 valence electrons. The Kier molecular flexibility index (Phi) is 4.75. The summed E-state index contributed by atoms with van der Waals surface area (Å²) in [5.74, 6) is 0.655. The van der Waals surface area contributed by atoms with Gasteiger partial charge in [-0.05, 0) is 45.0 Å². The van der Waals surface area contributed by atoms with Crippen molar-refractivity contribution in [3.05, 3.63) is 36.1 Å². The molecule has 2 N–H and O–H groups in total. The minimum atomic E-state index is -0.170. The Hall–Kier alpha value is -1.85. The molecular weight excluding hydrogens is 280 g/mol. The van der Waals surface area contributed by atoms with Crippen LogP contribution in [0.3, 0.4) is 0 Å². The van der Waals surface area contributed by atoms with Gasteiger partial charge in [-0.3, -0.25) is 4.79 Å². The molecule has 0 saturated carbocycles. The molecule has 5 heteroatoms. The van der Waals surface area contributed by atoms with Crippen LogP contribution >= 0.6 is 0 Å². The third-order valence-corrected chi connectivity index (χ3v) is 3.99. The molecule has 0 aliphatic carbocycles. The van der Waals surface area contributed by atoms with E-state index < -0.39 is 0 Å². The van der Waals surface area contributed by atoms with E-state index >= 15 is 0 Å². The van der Waals surface area contributed by atoms with Crippen molar-refractivity contribution >= 4 is 16.9 Å². The first-order valence-corrected chi connectivity index (χ1v) is 7.82. The quantitative estimate of drug-likeness (QED) is 0.890. The number of amides is 1. The van der Waals surface area contributed by atoms with Crippen molar-refractivity contribution in [2.45, 2.75) is 31.9 Å². The van der Waals surface area contributed by atoms with Gasteiger partial charge in [0.1, 0.15) is 18.0 Å². The fraction of sp³-hybridized carbons (Fsp3) is 0.471. The third kappa shape index (κ3) is 3.67. The highest BCUT2D eigenvalue weighted by atomic mass is 16.5. The maximum absolute atomic E-state index is 12.0. The molecule has 0 bridgehead atoms. The number of nitrogens with one attached hydrogen (secondary N) is 2. The van der Waals surface area contributed by atoms with Gasteiger partial charge in [-0.15, -0.1) is 0 Å². The maximum atomic E-state index is 12.0. The first-order chi connectivity index (χ1) is 10.7. The molecule has 1 fully saturated rings. The number of fused-ring (bicyclic) bond motifs is 1. The summed E-state index contributed by atoms with van der Waals surface area (Å²) in [5.41, 5.74) is 0.838. The number of ether oxygens (including phenoxy) is 1. The van der Waals surface area contributed by atoms with E-state index in [1.165, 1.54) is 0 Å². The van der Waals surface area contributed by atoms with Crippen LogP contribution in [-0.2, 0) is 9.53 Å². The molecule has 3 rings (SSSR count). The molecule has 1 atom stereocenters. The molecule has 0 spiro atoms. The van der Waals surface area contributed by atoms with Crippen LogP contribution in [0, 0.1) is 0 Å². The maximum Gasteiger partial charge on any atom is 0.246 e. The van der Waals surface area contributed by atoms with E-state index in [0.717, 1.165) is 42.7 Å². The molecule has 1 unspecified atom stereocenters. The van der Waals surface area contributed by atoms with E-state index in [2.05, 4.69) is 10.6 Å². The van der Waals surface area contributed by atoms with Crippen molar-refractivity contribution in [3.8, 4) is 0 Å². The van der Waals surface area contributed by atoms with Gasteiger partial charge in [0, 0.05) is 5.39 Å². The molecule has 0 radical (unpaired) electrons. The Balaban J connectivity index is 1.51. The fourth-order valence-corrected chi connectivity index (χ4v) is 2.73. The van der Waals surface area contributed by atoms with Gasteiger partial charge in [-0.2, -0.15) is 0 Å². The Morgan fingerprint density at radius 2 is 2.18 bits per heavy atom. The number of para-hydroxylation sites is 1. The first-order valence-electron chi connectivity index (χ1n) is 7.82. The molecule has 1 amide bonds. The van der Waals surface area contributed by atoms with Crippen molar-refractivity contribution in [2.24, 2.45) is 0 Å². The number of benzene rings is 1. The van der Waals surface area contributed by atoms with Gasteiger partial charge in [-0.1, -0.05) is 18.2 Å². The summed E-state index contributed by atoms with van der Waals surface area (Å²) in [6, 6.07) is 9.62. The van der Waals surface area contributed by atoms with Gasteiger partial charge in [0.15, 0.2) is 0 Å². The van der Waals surface area contributed by atoms with Gasteiger partial charge in [-0.25, -0.2) is 0 Å². The van der Waals surface area contributed by atoms with Crippen molar-refractivity contribution in [2.75, 3.05) is 19.7 Å². The number of hydrogen-bond acceptors (Lipinski definition) is 4. The topological polar surface area (TPSA) is 63.5 Å². The molecule has 2 aromatic rings. The summed E-state index contributed by atoms with van der Waals surface area (Å²) in [6.45, 7) is 3.94. The molecule has 2 heterocycles. The van der Waals surface area contributed by atoms with Gasteiger partial charge < -0.3 is 19.8 Å². The lowest BCUT2D eigenvalue weighted by Crippen LogP contribution is -2.36. The normalized spacial score (nSPS) is 17.5. The van der Waals surface area contributed by atoms with Crippen LogP contribution in [0.25, 0.3) is 11.0 Å². The number of rotatable bonds is 5. The number of carbonyl (C=O) groups is 1. The molecule has 1 aliphatic heterocycles. The predicted octanol–water partition coefficient (Wildman–Crippen LogP) is 2.38. The van der Waals surface area contributed by atoms with E-state index in [1.54, 1.807) is 0 Å². The van der Waals surface area contributed by atoms with Crippen molar-refractivity contribution < 1.29 is 13.9 Å².